The van der Waals surface area contributed by atoms with Crippen LogP contribution in [0, 0.1) is 5.92 Å². The fraction of sp³-hybridized carbons (Fsp3) is 0.833. The molecule has 0 unspecified atom stereocenters. The average Bonchev–Trinajstić information content (AvgIpc) is 3.13. The van der Waals surface area contributed by atoms with E-state index in [0.29, 0.717) is 25.1 Å². The molecule has 146 valence electrons. The van der Waals surface area contributed by atoms with Gasteiger partial charge in [-0.25, -0.2) is 13.4 Å². The second-order valence-corrected chi connectivity index (χ2v) is 9.90. The Morgan fingerprint density at radius 2 is 2.08 bits per heavy atom. The van der Waals surface area contributed by atoms with Gasteiger partial charge in [0.25, 0.3) is 0 Å². The van der Waals surface area contributed by atoms with E-state index in [-0.39, 0.29) is 10.9 Å². The minimum Gasteiger partial charge on any atom is -0.383 e. The third kappa shape index (κ3) is 3.98. The lowest BCUT2D eigenvalue weighted by atomic mass is 10.1. The molecule has 0 aromatic carbocycles. The number of nitrogens with zero attached hydrogens (tertiary/aromatic N) is 4. The average molecular weight is 383 g/mol. The van der Waals surface area contributed by atoms with E-state index in [9.17, 15) is 8.42 Å². The van der Waals surface area contributed by atoms with Gasteiger partial charge < -0.3 is 9.30 Å². The van der Waals surface area contributed by atoms with E-state index in [4.69, 9.17) is 4.74 Å². The van der Waals surface area contributed by atoms with Crippen molar-refractivity contribution in [3.63, 3.8) is 0 Å². The zero-order chi connectivity index (χ0) is 18.1. The van der Waals surface area contributed by atoms with Crippen LogP contribution >= 0.6 is 0 Å². The lowest BCUT2D eigenvalue weighted by molar-refractivity contribution is 0.0967. The molecule has 0 bridgehead atoms. The zero-order valence-corrected chi connectivity index (χ0v) is 16.5. The Hall–Kier alpha value is -0.960. The summed E-state index contributed by atoms with van der Waals surface area (Å²) < 4.78 is 32.6. The molecule has 0 N–H and O–H groups in total. The number of methoxy groups -OCH3 is 1. The van der Waals surface area contributed by atoms with Crippen LogP contribution in [0.15, 0.2) is 11.4 Å². The van der Waals surface area contributed by atoms with Gasteiger partial charge in [-0.05, 0) is 38.1 Å². The quantitative estimate of drug-likeness (QED) is 0.668. The van der Waals surface area contributed by atoms with Gasteiger partial charge in [0.05, 0.1) is 24.3 Å². The molecule has 7 nitrogen and oxygen atoms in total. The summed E-state index contributed by atoms with van der Waals surface area (Å²) >= 11 is 0. The zero-order valence-electron chi connectivity index (χ0n) is 15.6. The summed E-state index contributed by atoms with van der Waals surface area (Å²) in [6.07, 6.45) is 6.39. The van der Waals surface area contributed by atoms with E-state index < -0.39 is 9.84 Å². The topological polar surface area (TPSA) is 67.7 Å². The van der Waals surface area contributed by atoms with Gasteiger partial charge in [-0.3, -0.25) is 9.80 Å². The lowest BCUT2D eigenvalue weighted by Crippen LogP contribution is -2.49. The van der Waals surface area contributed by atoms with Crippen molar-refractivity contribution in [2.24, 2.45) is 5.92 Å². The molecule has 8 heteroatoms. The highest BCUT2D eigenvalue weighted by molar-refractivity contribution is 7.91. The Morgan fingerprint density at radius 3 is 2.85 bits per heavy atom. The molecule has 26 heavy (non-hydrogen) atoms. The van der Waals surface area contributed by atoms with Gasteiger partial charge in [-0.15, -0.1) is 0 Å². The van der Waals surface area contributed by atoms with E-state index >= 15 is 0 Å². The molecule has 1 aliphatic carbocycles. The van der Waals surface area contributed by atoms with E-state index in [0.717, 1.165) is 44.7 Å². The van der Waals surface area contributed by atoms with Gasteiger partial charge in [0, 0.05) is 45.9 Å². The Kier molecular flexibility index (Phi) is 5.36. The van der Waals surface area contributed by atoms with Gasteiger partial charge >= 0.3 is 0 Å². The predicted octanol–water partition coefficient (Wildman–Crippen LogP) is 0.993. The van der Waals surface area contributed by atoms with Crippen LogP contribution in [0.1, 0.15) is 31.4 Å². The van der Waals surface area contributed by atoms with Crippen molar-refractivity contribution in [1.82, 2.24) is 19.4 Å². The number of aromatic nitrogens is 2. The first-order valence-electron chi connectivity index (χ1n) is 9.79. The molecule has 3 fully saturated rings. The molecule has 1 aromatic heterocycles. The van der Waals surface area contributed by atoms with Gasteiger partial charge in [0.1, 0.15) is 0 Å². The number of imidazole rings is 1. The Balaban J connectivity index is 1.51. The number of piperazine rings is 1. The molecule has 0 radical (unpaired) electrons. The second-order valence-electron chi connectivity index (χ2n) is 7.97. The SMILES string of the molecule is COCCn1c(CN2CCN3CCC[C@H]3C2)cnc1S(=O)(=O)CC1CC1. The number of rotatable bonds is 8. The summed E-state index contributed by atoms with van der Waals surface area (Å²) in [6, 6.07) is 0.664. The van der Waals surface area contributed by atoms with Crippen molar-refractivity contribution in [2.75, 3.05) is 45.6 Å². The molecule has 2 saturated heterocycles. The highest BCUT2D eigenvalue weighted by Gasteiger charge is 2.34. The second kappa shape index (κ2) is 7.58. The van der Waals surface area contributed by atoms with Gasteiger partial charge in [-0.1, -0.05) is 0 Å². The fourth-order valence-corrected chi connectivity index (χ4v) is 6.15. The lowest BCUT2D eigenvalue weighted by Gasteiger charge is -2.37. The normalized spacial score (nSPS) is 24.9. The van der Waals surface area contributed by atoms with Crippen LogP contribution < -0.4 is 0 Å². The van der Waals surface area contributed by atoms with Crippen LogP contribution in [0.25, 0.3) is 0 Å². The van der Waals surface area contributed by atoms with E-state index in [2.05, 4.69) is 14.8 Å². The first-order chi connectivity index (χ1) is 12.6. The molecule has 1 aromatic rings. The van der Waals surface area contributed by atoms with Crippen LogP contribution in [-0.4, -0.2) is 79.5 Å². The molecular formula is C18H30N4O3S. The number of ether oxygens (including phenoxy) is 1. The van der Waals surface area contributed by atoms with Crippen LogP contribution in [-0.2, 0) is 27.7 Å². The minimum absolute atomic E-state index is 0.232. The molecule has 3 heterocycles. The summed E-state index contributed by atoms with van der Waals surface area (Å²) in [7, 11) is -1.68. The molecule has 1 atom stereocenters. The number of sulfone groups is 1. The van der Waals surface area contributed by atoms with E-state index in [1.165, 1.54) is 19.4 Å². The fourth-order valence-electron chi connectivity index (χ4n) is 4.29. The third-order valence-electron chi connectivity index (χ3n) is 5.91. The third-order valence-corrected chi connectivity index (χ3v) is 7.70. The van der Waals surface area contributed by atoms with Crippen LogP contribution in [0.5, 0.6) is 0 Å². The predicted molar refractivity (Wildman–Crippen MR) is 98.8 cm³/mol. The number of hydrogen-bond donors (Lipinski definition) is 0. The Morgan fingerprint density at radius 1 is 1.23 bits per heavy atom. The highest BCUT2D eigenvalue weighted by Crippen LogP contribution is 2.32. The van der Waals surface area contributed by atoms with Crippen LogP contribution in [0.4, 0.5) is 0 Å². The van der Waals surface area contributed by atoms with E-state index in [1.807, 2.05) is 4.57 Å². The maximum Gasteiger partial charge on any atom is 0.227 e. The summed E-state index contributed by atoms with van der Waals surface area (Å²) in [4.78, 5) is 9.37. The summed E-state index contributed by atoms with van der Waals surface area (Å²) in [5.74, 6) is 0.559. The van der Waals surface area contributed by atoms with Crippen molar-refractivity contribution >= 4 is 9.84 Å². The smallest absolute Gasteiger partial charge is 0.227 e. The molecule has 0 amide bonds. The molecule has 2 aliphatic heterocycles. The van der Waals surface area contributed by atoms with Crippen molar-refractivity contribution in [2.45, 2.75) is 50.0 Å². The highest BCUT2D eigenvalue weighted by atomic mass is 32.2. The van der Waals surface area contributed by atoms with Gasteiger partial charge in [-0.2, -0.15) is 0 Å². The van der Waals surface area contributed by atoms with Gasteiger partial charge in [0.15, 0.2) is 0 Å². The van der Waals surface area contributed by atoms with E-state index in [1.54, 1.807) is 13.3 Å². The molecule has 1 saturated carbocycles. The first kappa shape index (κ1) is 18.4. The standard InChI is InChI=1S/C18H30N4O3S/c1-25-10-9-22-17(11-19-18(22)26(23,24)14-15-4-5-15)13-20-7-8-21-6-2-3-16(21)12-20/h11,15-16H,2-10,12-14H2,1H3/t16-/m0/s1. The molecule has 4 rings (SSSR count). The summed E-state index contributed by atoms with van der Waals surface area (Å²) in [5, 5.41) is 0.232. The Labute approximate surface area is 156 Å². The van der Waals surface area contributed by atoms with Crippen LogP contribution in [0.2, 0.25) is 0 Å². The maximum atomic E-state index is 12.8. The largest absolute Gasteiger partial charge is 0.383 e. The van der Waals surface area contributed by atoms with Crippen LogP contribution in [0.3, 0.4) is 0 Å². The van der Waals surface area contributed by atoms with Crippen molar-refractivity contribution in [3.05, 3.63) is 11.9 Å². The minimum atomic E-state index is -3.32. The molecular weight excluding hydrogens is 352 g/mol. The van der Waals surface area contributed by atoms with Crippen molar-refractivity contribution in [3.8, 4) is 0 Å². The Bertz CT molecular complexity index is 729. The molecule has 3 aliphatic rings. The number of hydrogen-bond acceptors (Lipinski definition) is 6. The van der Waals surface area contributed by atoms with Crippen molar-refractivity contribution < 1.29 is 13.2 Å². The summed E-state index contributed by atoms with van der Waals surface area (Å²) in [6.45, 7) is 6.24. The maximum absolute atomic E-state index is 12.8. The summed E-state index contributed by atoms with van der Waals surface area (Å²) in [5.41, 5.74) is 0.989. The first-order valence-corrected chi connectivity index (χ1v) is 11.4. The molecule has 0 spiro atoms. The number of fused-ring (bicyclic) bond motifs is 1. The monoisotopic (exact) mass is 382 g/mol. The van der Waals surface area contributed by atoms with Gasteiger partial charge in [0.2, 0.25) is 15.0 Å². The van der Waals surface area contributed by atoms with Crippen molar-refractivity contribution in [1.29, 1.82) is 0 Å².